The van der Waals surface area contributed by atoms with Crippen LogP contribution in [0.5, 0.6) is 0 Å². The highest BCUT2D eigenvalue weighted by Gasteiger charge is 2.17. The second-order valence-electron chi connectivity index (χ2n) is 8.71. The van der Waals surface area contributed by atoms with Crippen molar-refractivity contribution in [2.75, 3.05) is 0 Å². The fourth-order valence-electron chi connectivity index (χ4n) is 4.39. The molecule has 1 N–H and O–H groups in total. The summed E-state index contributed by atoms with van der Waals surface area (Å²) < 4.78 is 3.53. The zero-order chi connectivity index (χ0) is 25.1. The molecule has 182 valence electrons. The van der Waals surface area contributed by atoms with Crippen LogP contribution >= 0.6 is 11.6 Å². The first kappa shape index (κ1) is 23.7. The van der Waals surface area contributed by atoms with E-state index in [1.165, 1.54) is 0 Å². The number of aryl methyl sites for hydroxylation is 2. The fraction of sp³-hybridized carbons (Fsp3) is 0.222. The van der Waals surface area contributed by atoms with Crippen LogP contribution in [0.1, 0.15) is 36.6 Å². The van der Waals surface area contributed by atoms with Gasteiger partial charge in [-0.05, 0) is 59.5 Å². The van der Waals surface area contributed by atoms with Crippen LogP contribution in [0.25, 0.3) is 28.3 Å². The molecule has 5 rings (SSSR count). The Morgan fingerprint density at radius 1 is 1.06 bits per heavy atom. The molecular formula is C27H26ClN7O. The minimum atomic E-state index is -0.0915. The van der Waals surface area contributed by atoms with Crippen molar-refractivity contribution in [3.05, 3.63) is 99.3 Å². The molecule has 0 amide bonds. The average molecular weight is 500 g/mol. The summed E-state index contributed by atoms with van der Waals surface area (Å²) in [5, 5.41) is 14.7. The van der Waals surface area contributed by atoms with Crippen LogP contribution in [0.15, 0.2) is 71.8 Å². The molecule has 36 heavy (non-hydrogen) atoms. The van der Waals surface area contributed by atoms with Crippen molar-refractivity contribution in [3.8, 4) is 28.3 Å². The maximum Gasteiger partial charge on any atom is 0.333 e. The second-order valence-corrected chi connectivity index (χ2v) is 9.12. The van der Waals surface area contributed by atoms with E-state index in [9.17, 15) is 4.79 Å². The van der Waals surface area contributed by atoms with Gasteiger partial charge in [-0.2, -0.15) is 0 Å². The largest absolute Gasteiger partial charge is 0.333 e. The number of tetrazole rings is 1. The van der Waals surface area contributed by atoms with Crippen molar-refractivity contribution in [2.24, 2.45) is 0 Å². The van der Waals surface area contributed by atoms with Crippen LogP contribution in [0.3, 0.4) is 0 Å². The van der Waals surface area contributed by atoms with Gasteiger partial charge in [-0.25, -0.2) is 9.89 Å². The van der Waals surface area contributed by atoms with Crippen LogP contribution in [0.2, 0.25) is 5.02 Å². The average Bonchev–Trinajstić information content (AvgIpc) is 3.53. The number of rotatable bonds is 8. The van der Waals surface area contributed by atoms with Crippen molar-refractivity contribution in [2.45, 2.75) is 39.7 Å². The van der Waals surface area contributed by atoms with E-state index in [-0.39, 0.29) is 5.69 Å². The summed E-state index contributed by atoms with van der Waals surface area (Å²) in [4.78, 5) is 18.1. The summed E-state index contributed by atoms with van der Waals surface area (Å²) in [7, 11) is 0. The lowest BCUT2D eigenvalue weighted by Crippen LogP contribution is -2.25. The SMILES string of the molecule is CCCCc1cn(-c2c(C)cccc2Cl)c(=O)n1Cc1ccc(-c2ncccc2-c2nnn[nH]2)cc1. The molecule has 2 aromatic carbocycles. The van der Waals surface area contributed by atoms with Crippen molar-refractivity contribution in [1.82, 2.24) is 34.7 Å². The van der Waals surface area contributed by atoms with Crippen LogP contribution in [-0.4, -0.2) is 34.7 Å². The maximum atomic E-state index is 13.6. The predicted molar refractivity (Wildman–Crippen MR) is 140 cm³/mol. The van der Waals surface area contributed by atoms with Gasteiger partial charge in [0, 0.05) is 29.2 Å². The molecule has 3 heterocycles. The van der Waals surface area contributed by atoms with E-state index in [0.29, 0.717) is 17.4 Å². The minimum Gasteiger partial charge on any atom is -0.292 e. The number of halogens is 1. The molecule has 0 fully saturated rings. The quantitative estimate of drug-likeness (QED) is 0.315. The van der Waals surface area contributed by atoms with E-state index in [4.69, 9.17) is 11.6 Å². The third kappa shape index (κ3) is 4.59. The van der Waals surface area contributed by atoms with Gasteiger partial charge in [0.25, 0.3) is 0 Å². The monoisotopic (exact) mass is 499 g/mol. The molecule has 0 radical (unpaired) electrons. The number of nitrogens with zero attached hydrogens (tertiary/aromatic N) is 6. The minimum absolute atomic E-state index is 0.0915. The van der Waals surface area contributed by atoms with Crippen molar-refractivity contribution in [1.29, 1.82) is 0 Å². The normalized spacial score (nSPS) is 11.2. The van der Waals surface area contributed by atoms with Crippen molar-refractivity contribution in [3.63, 3.8) is 0 Å². The first-order chi connectivity index (χ1) is 17.6. The van der Waals surface area contributed by atoms with E-state index >= 15 is 0 Å². The number of aromatic nitrogens is 7. The Morgan fingerprint density at radius 3 is 2.61 bits per heavy atom. The molecule has 0 bridgehead atoms. The molecule has 5 aromatic rings. The summed E-state index contributed by atoms with van der Waals surface area (Å²) >= 11 is 6.50. The lowest BCUT2D eigenvalue weighted by molar-refractivity contribution is 0.674. The number of H-pyrrole nitrogens is 1. The molecule has 0 atom stereocenters. The van der Waals surface area contributed by atoms with E-state index in [2.05, 4.69) is 32.5 Å². The Labute approximate surface area is 213 Å². The van der Waals surface area contributed by atoms with Gasteiger partial charge in [0.15, 0.2) is 5.82 Å². The summed E-state index contributed by atoms with van der Waals surface area (Å²) in [6, 6.07) is 17.5. The highest BCUT2D eigenvalue weighted by molar-refractivity contribution is 6.32. The van der Waals surface area contributed by atoms with Gasteiger partial charge in [-0.3, -0.25) is 14.1 Å². The number of hydrogen-bond donors (Lipinski definition) is 1. The Balaban J connectivity index is 1.49. The smallest absolute Gasteiger partial charge is 0.292 e. The third-order valence-electron chi connectivity index (χ3n) is 6.25. The highest BCUT2D eigenvalue weighted by atomic mass is 35.5. The zero-order valence-corrected chi connectivity index (χ0v) is 20.9. The lowest BCUT2D eigenvalue weighted by Gasteiger charge is -2.10. The number of nitrogens with one attached hydrogen (secondary N) is 1. The molecule has 0 saturated heterocycles. The number of para-hydroxylation sites is 1. The van der Waals surface area contributed by atoms with E-state index in [0.717, 1.165) is 58.6 Å². The van der Waals surface area contributed by atoms with Crippen LogP contribution in [-0.2, 0) is 13.0 Å². The van der Waals surface area contributed by atoms with Crippen LogP contribution < -0.4 is 5.69 Å². The molecule has 8 nitrogen and oxygen atoms in total. The standard InChI is InChI=1S/C27H26ClN7O/c1-3-4-8-21-17-35(25-18(2)7-5-10-23(25)28)27(36)34(21)16-19-11-13-20(14-12-19)24-22(9-6-15-29-24)26-30-32-33-31-26/h5-7,9-15,17H,3-4,8,16H2,1-2H3,(H,30,31,32,33). The Hall–Kier alpha value is -4.04. The maximum absolute atomic E-state index is 13.6. The molecule has 9 heteroatoms. The van der Waals surface area contributed by atoms with Gasteiger partial charge >= 0.3 is 5.69 Å². The lowest BCUT2D eigenvalue weighted by atomic mass is 10.0. The number of unbranched alkanes of at least 4 members (excludes halogenated alkanes) is 1. The van der Waals surface area contributed by atoms with E-state index in [1.807, 2.05) is 72.3 Å². The molecule has 0 aliphatic heterocycles. The Morgan fingerprint density at radius 2 is 1.89 bits per heavy atom. The second kappa shape index (κ2) is 10.3. The highest BCUT2D eigenvalue weighted by Crippen LogP contribution is 2.28. The fourth-order valence-corrected chi connectivity index (χ4v) is 4.70. The molecule has 3 aromatic heterocycles. The van der Waals surface area contributed by atoms with Gasteiger partial charge in [-0.15, -0.1) is 5.10 Å². The van der Waals surface area contributed by atoms with Gasteiger partial charge in [0.2, 0.25) is 0 Å². The Kier molecular flexibility index (Phi) is 6.77. The number of pyridine rings is 1. The first-order valence-electron chi connectivity index (χ1n) is 11.9. The summed E-state index contributed by atoms with van der Waals surface area (Å²) in [6.45, 7) is 4.59. The molecule has 0 unspecified atom stereocenters. The van der Waals surface area contributed by atoms with E-state index < -0.39 is 0 Å². The van der Waals surface area contributed by atoms with Crippen molar-refractivity contribution >= 4 is 11.6 Å². The van der Waals surface area contributed by atoms with Crippen LogP contribution in [0.4, 0.5) is 0 Å². The van der Waals surface area contributed by atoms with E-state index in [1.54, 1.807) is 10.8 Å². The summed E-state index contributed by atoms with van der Waals surface area (Å²) in [5.41, 5.74) is 6.16. The van der Waals surface area contributed by atoms with Gasteiger partial charge < -0.3 is 0 Å². The van der Waals surface area contributed by atoms with Gasteiger partial charge in [0.1, 0.15) is 0 Å². The molecule has 0 spiro atoms. The topological polar surface area (TPSA) is 94.3 Å². The van der Waals surface area contributed by atoms with Crippen molar-refractivity contribution < 1.29 is 0 Å². The number of hydrogen-bond acceptors (Lipinski definition) is 5. The number of imidazole rings is 1. The number of benzene rings is 2. The zero-order valence-electron chi connectivity index (χ0n) is 20.1. The van der Waals surface area contributed by atoms with Gasteiger partial charge in [-0.1, -0.05) is 61.3 Å². The Bertz CT molecular complexity index is 1520. The molecule has 0 aliphatic rings. The molecule has 0 aliphatic carbocycles. The predicted octanol–water partition coefficient (Wildman–Crippen LogP) is 5.23. The molecule has 0 saturated carbocycles. The van der Waals surface area contributed by atoms with Crippen LogP contribution in [0, 0.1) is 6.92 Å². The number of aromatic amines is 1. The molecular weight excluding hydrogens is 474 g/mol. The third-order valence-corrected chi connectivity index (χ3v) is 6.56. The summed E-state index contributed by atoms with van der Waals surface area (Å²) in [5.74, 6) is 0.561. The van der Waals surface area contributed by atoms with Gasteiger partial charge in [0.05, 0.1) is 22.9 Å². The summed E-state index contributed by atoms with van der Waals surface area (Å²) in [6.07, 6.45) is 6.56. The first-order valence-corrected chi connectivity index (χ1v) is 12.3.